The van der Waals surface area contributed by atoms with Crippen LogP contribution in [-0.2, 0) is 4.79 Å². The van der Waals surface area contributed by atoms with Crippen LogP contribution < -0.4 is 0 Å². The minimum absolute atomic E-state index is 0.513. The van der Waals surface area contributed by atoms with Crippen molar-refractivity contribution in [1.82, 2.24) is 4.90 Å². The molecule has 0 aromatic heterocycles. The lowest BCUT2D eigenvalue weighted by Crippen LogP contribution is -2.44. The molecule has 0 spiro atoms. The summed E-state index contributed by atoms with van der Waals surface area (Å²) in [5.74, 6) is 0.513. The first kappa shape index (κ1) is 7.07. The van der Waals surface area contributed by atoms with Crippen LogP contribution in [-0.4, -0.2) is 28.8 Å². The third kappa shape index (κ3) is 0.939. The second kappa shape index (κ2) is 2.32. The highest BCUT2D eigenvalue weighted by molar-refractivity contribution is 5.81. The van der Waals surface area contributed by atoms with Crippen LogP contribution in [0, 0.1) is 0 Å². The molecule has 1 aliphatic carbocycles. The number of rotatable bonds is 1. The highest BCUT2D eigenvalue weighted by Crippen LogP contribution is 2.42. The Morgan fingerprint density at radius 2 is 1.42 bits per heavy atom. The van der Waals surface area contributed by atoms with E-state index in [9.17, 15) is 4.79 Å². The Labute approximate surface area is 72.9 Å². The van der Waals surface area contributed by atoms with Crippen molar-refractivity contribution in [3.63, 3.8) is 0 Å². The van der Waals surface area contributed by atoms with Crippen LogP contribution in [0.3, 0.4) is 0 Å². The number of nitrogens with zero attached hydrogens (tertiary/aromatic N) is 1. The highest BCUT2D eigenvalue weighted by Gasteiger charge is 2.46. The van der Waals surface area contributed by atoms with Crippen LogP contribution in [0.5, 0.6) is 0 Å². The van der Waals surface area contributed by atoms with Gasteiger partial charge >= 0.3 is 0 Å². The van der Waals surface area contributed by atoms with Gasteiger partial charge < -0.3 is 0 Å². The first-order valence-electron chi connectivity index (χ1n) is 5.14. The Morgan fingerprint density at radius 1 is 0.917 bits per heavy atom. The van der Waals surface area contributed by atoms with E-state index in [0.29, 0.717) is 17.9 Å². The van der Waals surface area contributed by atoms with Crippen LogP contribution in [0.15, 0.2) is 0 Å². The van der Waals surface area contributed by atoms with Crippen molar-refractivity contribution in [3.05, 3.63) is 0 Å². The zero-order valence-electron chi connectivity index (χ0n) is 7.33. The van der Waals surface area contributed by atoms with Gasteiger partial charge in [0.1, 0.15) is 5.78 Å². The predicted molar refractivity (Wildman–Crippen MR) is 45.9 cm³/mol. The minimum atomic E-state index is 0.513. The number of ketones is 1. The summed E-state index contributed by atoms with van der Waals surface area (Å²) >= 11 is 0. The van der Waals surface area contributed by atoms with Crippen molar-refractivity contribution in [2.75, 3.05) is 0 Å². The highest BCUT2D eigenvalue weighted by atomic mass is 16.1. The first-order valence-corrected chi connectivity index (χ1v) is 5.14. The molecule has 66 valence electrons. The molecule has 0 unspecified atom stereocenters. The maximum Gasteiger partial charge on any atom is 0.136 e. The summed E-state index contributed by atoms with van der Waals surface area (Å²) in [6, 6.07) is 2.16. The number of Topliss-reactive ketones (excluding diaryl/α,β-unsaturated/α-hetero) is 1. The van der Waals surface area contributed by atoms with Gasteiger partial charge in [0.25, 0.3) is 0 Å². The molecule has 2 saturated heterocycles. The Morgan fingerprint density at radius 3 is 1.92 bits per heavy atom. The zero-order valence-corrected chi connectivity index (χ0v) is 7.33. The molecule has 3 aliphatic rings. The van der Waals surface area contributed by atoms with Gasteiger partial charge in [0.2, 0.25) is 0 Å². The SMILES string of the molecule is O=C1C[C@H]2CC[C@@H](C1)N2C1CC1. The quantitative estimate of drug-likeness (QED) is 0.584. The number of carbonyl (C=O) groups excluding carboxylic acids is 1. The Kier molecular flexibility index (Phi) is 1.37. The summed E-state index contributed by atoms with van der Waals surface area (Å²) in [7, 11) is 0. The monoisotopic (exact) mass is 165 g/mol. The molecular formula is C10H15NO. The fourth-order valence-corrected chi connectivity index (χ4v) is 2.97. The molecule has 3 rings (SSSR count). The van der Waals surface area contributed by atoms with Gasteiger partial charge in [-0.05, 0) is 25.7 Å². The molecule has 2 heterocycles. The molecule has 0 aromatic rings. The van der Waals surface area contributed by atoms with E-state index in [1.54, 1.807) is 0 Å². The molecule has 0 N–H and O–H groups in total. The van der Waals surface area contributed by atoms with Crippen LogP contribution in [0.25, 0.3) is 0 Å². The Bertz CT molecular complexity index is 206. The lowest BCUT2D eigenvalue weighted by molar-refractivity contribution is -0.123. The van der Waals surface area contributed by atoms with Crippen molar-refractivity contribution in [2.45, 2.75) is 56.7 Å². The van der Waals surface area contributed by atoms with Crippen LogP contribution >= 0.6 is 0 Å². The number of carbonyl (C=O) groups is 1. The fourth-order valence-electron chi connectivity index (χ4n) is 2.97. The first-order chi connectivity index (χ1) is 5.84. The Balaban J connectivity index is 1.83. The molecule has 0 radical (unpaired) electrons. The third-order valence-electron chi connectivity index (χ3n) is 3.57. The molecule has 0 amide bonds. The van der Waals surface area contributed by atoms with Gasteiger partial charge in [0.05, 0.1) is 0 Å². The van der Waals surface area contributed by atoms with Crippen LogP contribution in [0.4, 0.5) is 0 Å². The molecule has 1 saturated carbocycles. The summed E-state index contributed by atoms with van der Waals surface area (Å²) in [6.07, 6.45) is 7.06. The van der Waals surface area contributed by atoms with Gasteiger partial charge in [-0.25, -0.2) is 0 Å². The van der Waals surface area contributed by atoms with Gasteiger partial charge in [-0.2, -0.15) is 0 Å². The average molecular weight is 165 g/mol. The molecule has 0 aromatic carbocycles. The number of fused-ring (bicyclic) bond motifs is 2. The third-order valence-corrected chi connectivity index (χ3v) is 3.57. The van der Waals surface area contributed by atoms with E-state index in [1.807, 2.05) is 0 Å². The maximum atomic E-state index is 11.3. The van der Waals surface area contributed by atoms with Gasteiger partial charge in [-0.15, -0.1) is 0 Å². The summed E-state index contributed by atoms with van der Waals surface area (Å²) in [4.78, 5) is 13.9. The lowest BCUT2D eigenvalue weighted by atomic mass is 10.0. The van der Waals surface area contributed by atoms with Gasteiger partial charge in [0.15, 0.2) is 0 Å². The van der Waals surface area contributed by atoms with E-state index < -0.39 is 0 Å². The average Bonchev–Trinajstić information content (AvgIpc) is 2.80. The number of hydrogen-bond donors (Lipinski definition) is 0. The second-order valence-corrected chi connectivity index (χ2v) is 4.51. The smallest absolute Gasteiger partial charge is 0.136 e. The van der Waals surface area contributed by atoms with Crippen molar-refractivity contribution < 1.29 is 4.79 Å². The normalized spacial score (nSPS) is 42.2. The van der Waals surface area contributed by atoms with Gasteiger partial charge in [-0.3, -0.25) is 9.69 Å². The van der Waals surface area contributed by atoms with E-state index in [0.717, 1.165) is 18.9 Å². The topological polar surface area (TPSA) is 20.3 Å². The molecule has 2 nitrogen and oxygen atoms in total. The van der Waals surface area contributed by atoms with E-state index in [-0.39, 0.29) is 0 Å². The second-order valence-electron chi connectivity index (χ2n) is 4.51. The van der Waals surface area contributed by atoms with E-state index in [4.69, 9.17) is 0 Å². The van der Waals surface area contributed by atoms with Crippen molar-refractivity contribution >= 4 is 5.78 Å². The molecular weight excluding hydrogens is 150 g/mol. The lowest BCUT2D eigenvalue weighted by Gasteiger charge is -2.33. The fraction of sp³-hybridized carbons (Fsp3) is 0.900. The van der Waals surface area contributed by atoms with E-state index >= 15 is 0 Å². The number of piperidine rings is 1. The van der Waals surface area contributed by atoms with Crippen molar-refractivity contribution in [3.8, 4) is 0 Å². The zero-order chi connectivity index (χ0) is 8.13. The largest absolute Gasteiger partial charge is 0.300 e. The van der Waals surface area contributed by atoms with Crippen molar-refractivity contribution in [1.29, 1.82) is 0 Å². The van der Waals surface area contributed by atoms with Crippen LogP contribution in [0.1, 0.15) is 38.5 Å². The maximum absolute atomic E-state index is 11.3. The molecule has 2 heteroatoms. The summed E-state index contributed by atoms with van der Waals surface area (Å²) in [6.45, 7) is 0. The molecule has 2 atom stereocenters. The summed E-state index contributed by atoms with van der Waals surface area (Å²) in [5, 5.41) is 0. The van der Waals surface area contributed by atoms with Gasteiger partial charge in [-0.1, -0.05) is 0 Å². The summed E-state index contributed by atoms with van der Waals surface area (Å²) < 4.78 is 0. The predicted octanol–water partition coefficient (Wildman–Crippen LogP) is 1.34. The van der Waals surface area contributed by atoms with Crippen LogP contribution in [0.2, 0.25) is 0 Å². The van der Waals surface area contributed by atoms with Crippen molar-refractivity contribution in [2.24, 2.45) is 0 Å². The molecule has 3 fully saturated rings. The summed E-state index contributed by atoms with van der Waals surface area (Å²) in [5.41, 5.74) is 0. The minimum Gasteiger partial charge on any atom is -0.300 e. The molecule has 2 aliphatic heterocycles. The standard InChI is InChI=1S/C10H15NO/c12-10-5-8-3-4-9(6-10)11(8)7-1-2-7/h7-9H,1-6H2/t8-,9+. The van der Waals surface area contributed by atoms with E-state index in [1.165, 1.54) is 25.7 Å². The Hall–Kier alpha value is -0.370. The number of hydrogen-bond acceptors (Lipinski definition) is 2. The van der Waals surface area contributed by atoms with E-state index in [2.05, 4.69) is 4.90 Å². The molecule has 12 heavy (non-hydrogen) atoms. The van der Waals surface area contributed by atoms with Gasteiger partial charge in [0, 0.05) is 31.0 Å². The molecule has 2 bridgehead atoms.